The molecular weight excluding hydrogens is 262 g/mol. The molecule has 1 aromatic carbocycles. The van der Waals surface area contributed by atoms with E-state index in [1.165, 1.54) is 25.7 Å². The molecule has 0 radical (unpaired) electrons. The molecule has 1 unspecified atom stereocenters. The van der Waals surface area contributed by atoms with Crippen molar-refractivity contribution in [1.29, 1.82) is 0 Å². The van der Waals surface area contributed by atoms with Gasteiger partial charge < -0.3 is 15.6 Å². The molecule has 0 saturated heterocycles. The largest absolute Gasteiger partial charge is 0.491 e. The van der Waals surface area contributed by atoms with Gasteiger partial charge in [-0.15, -0.1) is 0 Å². The Bertz CT molecular complexity index is 419. The number of ether oxygens (including phenoxy) is 1. The first-order chi connectivity index (χ1) is 10.1. The molecule has 3 N–H and O–H groups in total. The van der Waals surface area contributed by atoms with Crippen molar-refractivity contribution < 1.29 is 9.84 Å². The predicted octanol–water partition coefficient (Wildman–Crippen LogP) is 3.81. The fourth-order valence-corrected chi connectivity index (χ4v) is 3.38. The number of aliphatic hydroxyl groups is 1. The predicted molar refractivity (Wildman–Crippen MR) is 86.4 cm³/mol. The van der Waals surface area contributed by atoms with Crippen LogP contribution in [0, 0.1) is 5.41 Å². The smallest absolute Gasteiger partial charge is 0.119 e. The summed E-state index contributed by atoms with van der Waals surface area (Å²) in [6.45, 7) is 4.58. The molecule has 2 rings (SSSR count). The third-order valence-electron chi connectivity index (χ3n) is 4.65. The van der Waals surface area contributed by atoms with Gasteiger partial charge >= 0.3 is 0 Å². The van der Waals surface area contributed by atoms with E-state index in [4.69, 9.17) is 10.5 Å². The molecule has 0 bridgehead atoms. The third-order valence-corrected chi connectivity index (χ3v) is 4.65. The third kappa shape index (κ3) is 3.98. The Morgan fingerprint density at radius 2 is 1.67 bits per heavy atom. The van der Waals surface area contributed by atoms with Crippen molar-refractivity contribution in [3.8, 4) is 5.75 Å². The molecule has 0 aliphatic heterocycles. The van der Waals surface area contributed by atoms with Gasteiger partial charge in [0, 0.05) is 12.0 Å². The Morgan fingerprint density at radius 1 is 1.10 bits per heavy atom. The van der Waals surface area contributed by atoms with E-state index in [1.54, 1.807) is 0 Å². The van der Waals surface area contributed by atoms with Gasteiger partial charge in [0.05, 0.1) is 12.2 Å². The van der Waals surface area contributed by atoms with Crippen LogP contribution in [-0.4, -0.2) is 17.8 Å². The van der Waals surface area contributed by atoms with E-state index in [-0.39, 0.29) is 11.5 Å². The normalized spacial score (nSPS) is 20.0. The van der Waals surface area contributed by atoms with Crippen LogP contribution in [0.25, 0.3) is 0 Å². The van der Waals surface area contributed by atoms with Crippen LogP contribution in [0.2, 0.25) is 0 Å². The highest BCUT2D eigenvalue weighted by Gasteiger charge is 2.37. The van der Waals surface area contributed by atoms with E-state index < -0.39 is 6.10 Å². The van der Waals surface area contributed by atoms with Gasteiger partial charge in [0.1, 0.15) is 5.75 Å². The highest BCUT2D eigenvalue weighted by Crippen LogP contribution is 2.44. The molecule has 3 heteroatoms. The highest BCUT2D eigenvalue weighted by molar-refractivity contribution is 5.29. The summed E-state index contributed by atoms with van der Waals surface area (Å²) < 4.78 is 5.66. The Morgan fingerprint density at radius 3 is 2.14 bits per heavy atom. The molecule has 118 valence electrons. The maximum Gasteiger partial charge on any atom is 0.119 e. The average molecular weight is 291 g/mol. The number of nitrogens with two attached hydrogens (primary N) is 1. The molecule has 1 saturated carbocycles. The Hall–Kier alpha value is -1.06. The number of rotatable bonds is 5. The summed E-state index contributed by atoms with van der Waals surface area (Å²) in [5.41, 5.74) is 6.86. The molecule has 0 aromatic heterocycles. The first-order valence-corrected chi connectivity index (χ1v) is 8.22. The van der Waals surface area contributed by atoms with Crippen molar-refractivity contribution in [1.82, 2.24) is 0 Å². The molecule has 1 aliphatic rings. The molecule has 0 amide bonds. The number of aliphatic hydroxyl groups excluding tert-OH is 1. The van der Waals surface area contributed by atoms with Gasteiger partial charge in [0.25, 0.3) is 0 Å². The molecule has 1 fully saturated rings. The maximum absolute atomic E-state index is 10.9. The quantitative estimate of drug-likeness (QED) is 0.811. The zero-order chi connectivity index (χ0) is 15.3. The minimum absolute atomic E-state index is 0.156. The van der Waals surface area contributed by atoms with Crippen molar-refractivity contribution in [3.05, 3.63) is 29.8 Å². The second-order valence-corrected chi connectivity index (χ2v) is 6.62. The Kier molecular flexibility index (Phi) is 5.65. The summed E-state index contributed by atoms with van der Waals surface area (Å²) in [6.07, 6.45) is 6.59. The van der Waals surface area contributed by atoms with E-state index >= 15 is 0 Å². The molecule has 0 heterocycles. The fourth-order valence-electron chi connectivity index (χ4n) is 3.38. The Labute approximate surface area is 128 Å². The molecule has 1 aromatic rings. The minimum atomic E-state index is -0.478. The van der Waals surface area contributed by atoms with Crippen LogP contribution in [0.15, 0.2) is 24.3 Å². The van der Waals surface area contributed by atoms with E-state index in [0.29, 0.717) is 6.54 Å². The van der Waals surface area contributed by atoms with Crippen LogP contribution < -0.4 is 10.5 Å². The summed E-state index contributed by atoms with van der Waals surface area (Å²) in [5, 5.41) is 10.9. The van der Waals surface area contributed by atoms with Crippen LogP contribution in [0.5, 0.6) is 5.75 Å². The monoisotopic (exact) mass is 291 g/mol. The second kappa shape index (κ2) is 7.28. The van der Waals surface area contributed by atoms with E-state index in [0.717, 1.165) is 24.2 Å². The lowest BCUT2D eigenvalue weighted by molar-refractivity contribution is 0.0166. The molecule has 1 aliphatic carbocycles. The fraction of sp³-hybridized carbons (Fsp3) is 0.667. The summed E-state index contributed by atoms with van der Waals surface area (Å²) in [5.74, 6) is 0.851. The number of hydrogen-bond acceptors (Lipinski definition) is 3. The van der Waals surface area contributed by atoms with Crippen LogP contribution in [0.4, 0.5) is 0 Å². The van der Waals surface area contributed by atoms with Crippen molar-refractivity contribution in [2.75, 3.05) is 6.54 Å². The average Bonchev–Trinajstić information content (AvgIpc) is 2.73. The van der Waals surface area contributed by atoms with E-state index in [9.17, 15) is 5.11 Å². The van der Waals surface area contributed by atoms with E-state index in [1.807, 2.05) is 38.1 Å². The molecule has 1 atom stereocenters. The lowest BCUT2D eigenvalue weighted by Gasteiger charge is -2.36. The van der Waals surface area contributed by atoms with Gasteiger partial charge in [-0.25, -0.2) is 0 Å². The summed E-state index contributed by atoms with van der Waals surface area (Å²) in [6, 6.07) is 7.84. The summed E-state index contributed by atoms with van der Waals surface area (Å²) in [7, 11) is 0. The standard InChI is InChI=1S/C18H29NO2/c1-14(2)21-16-9-7-15(8-10-16)17(20)18(13-19)11-5-3-4-6-12-18/h7-10,14,17,20H,3-6,11-13,19H2,1-2H3. The lowest BCUT2D eigenvalue weighted by Crippen LogP contribution is -2.36. The molecule has 3 nitrogen and oxygen atoms in total. The van der Waals surface area contributed by atoms with Crippen molar-refractivity contribution in [3.63, 3.8) is 0 Å². The number of benzene rings is 1. The number of hydrogen-bond donors (Lipinski definition) is 2. The van der Waals surface area contributed by atoms with Crippen molar-refractivity contribution >= 4 is 0 Å². The van der Waals surface area contributed by atoms with Gasteiger partial charge in [-0.2, -0.15) is 0 Å². The van der Waals surface area contributed by atoms with Crippen LogP contribution in [0.3, 0.4) is 0 Å². The topological polar surface area (TPSA) is 55.5 Å². The summed E-state index contributed by atoms with van der Waals surface area (Å²) >= 11 is 0. The molecular formula is C18H29NO2. The minimum Gasteiger partial charge on any atom is -0.491 e. The van der Waals surface area contributed by atoms with Gasteiger partial charge in [0.15, 0.2) is 0 Å². The first-order valence-electron chi connectivity index (χ1n) is 8.22. The van der Waals surface area contributed by atoms with E-state index in [2.05, 4.69) is 0 Å². The molecule has 21 heavy (non-hydrogen) atoms. The van der Waals surface area contributed by atoms with Gasteiger partial charge in [-0.3, -0.25) is 0 Å². The second-order valence-electron chi connectivity index (χ2n) is 6.62. The van der Waals surface area contributed by atoms with Crippen LogP contribution in [-0.2, 0) is 0 Å². The van der Waals surface area contributed by atoms with Crippen LogP contribution in [0.1, 0.15) is 64.0 Å². The lowest BCUT2D eigenvalue weighted by atomic mass is 9.73. The SMILES string of the molecule is CC(C)Oc1ccc(C(O)C2(CN)CCCCCC2)cc1. The maximum atomic E-state index is 10.9. The Balaban J connectivity index is 2.14. The van der Waals surface area contributed by atoms with Crippen LogP contribution >= 0.6 is 0 Å². The molecule has 0 spiro atoms. The zero-order valence-electron chi connectivity index (χ0n) is 13.3. The summed E-state index contributed by atoms with van der Waals surface area (Å²) in [4.78, 5) is 0. The van der Waals surface area contributed by atoms with Crippen molar-refractivity contribution in [2.24, 2.45) is 11.1 Å². The van der Waals surface area contributed by atoms with Gasteiger partial charge in [-0.1, -0.05) is 37.8 Å². The van der Waals surface area contributed by atoms with Gasteiger partial charge in [-0.05, 0) is 44.4 Å². The zero-order valence-corrected chi connectivity index (χ0v) is 13.3. The van der Waals surface area contributed by atoms with Gasteiger partial charge in [0.2, 0.25) is 0 Å². The van der Waals surface area contributed by atoms with Crippen molar-refractivity contribution in [2.45, 2.75) is 64.6 Å². The highest BCUT2D eigenvalue weighted by atomic mass is 16.5. The first kappa shape index (κ1) is 16.3.